The highest BCUT2D eigenvalue weighted by atomic mass is 16.4. The first-order valence-electron chi connectivity index (χ1n) is 6.28. The van der Waals surface area contributed by atoms with Gasteiger partial charge in [-0.05, 0) is 31.1 Å². The molecule has 2 fully saturated rings. The fourth-order valence-corrected chi connectivity index (χ4v) is 3.89. The number of rotatable bonds is 2. The minimum absolute atomic E-state index is 0.209. The largest absolute Gasteiger partial charge is 0.465 e. The van der Waals surface area contributed by atoms with E-state index in [1.807, 2.05) is 0 Å². The lowest BCUT2D eigenvalue weighted by molar-refractivity contribution is -0.121. The fraction of sp³-hybridized carbons (Fsp3) is 0.846. The fourth-order valence-electron chi connectivity index (χ4n) is 3.89. The Labute approximate surface area is 102 Å². The van der Waals surface area contributed by atoms with Crippen molar-refractivity contribution in [2.75, 3.05) is 6.54 Å². The minimum atomic E-state index is -0.884. The number of carbonyl (C=O) groups is 2. The van der Waals surface area contributed by atoms with Crippen LogP contribution >= 0.6 is 0 Å². The molecule has 96 valence electrons. The van der Waals surface area contributed by atoms with Crippen LogP contribution in [0.5, 0.6) is 0 Å². The van der Waals surface area contributed by atoms with Crippen LogP contribution in [0.1, 0.15) is 46.5 Å². The van der Waals surface area contributed by atoms with Crippen LogP contribution in [0.15, 0.2) is 0 Å². The van der Waals surface area contributed by atoms with Crippen LogP contribution in [0.3, 0.4) is 0 Å². The van der Waals surface area contributed by atoms with Gasteiger partial charge < -0.3 is 14.8 Å². The summed E-state index contributed by atoms with van der Waals surface area (Å²) < 4.78 is 0. The van der Waals surface area contributed by atoms with Crippen molar-refractivity contribution in [1.29, 1.82) is 0 Å². The quantitative estimate of drug-likeness (QED) is 0.753. The number of hydrogen-bond acceptors (Lipinski definition) is 2. The van der Waals surface area contributed by atoms with E-state index in [2.05, 4.69) is 20.8 Å². The van der Waals surface area contributed by atoms with Crippen LogP contribution in [0.2, 0.25) is 0 Å². The van der Waals surface area contributed by atoms with Gasteiger partial charge in [0.25, 0.3) is 0 Å². The van der Waals surface area contributed by atoms with E-state index in [9.17, 15) is 14.7 Å². The molecular formula is C13H21NO3. The molecule has 0 bridgehead atoms. The summed E-state index contributed by atoms with van der Waals surface area (Å²) >= 11 is 0. The van der Waals surface area contributed by atoms with Gasteiger partial charge in [0, 0.05) is 12.0 Å². The molecule has 0 unspecified atom stereocenters. The summed E-state index contributed by atoms with van der Waals surface area (Å²) in [6.07, 6.45) is 3.46. The molecule has 0 aromatic heterocycles. The predicted molar refractivity (Wildman–Crippen MR) is 63.9 cm³/mol. The van der Waals surface area contributed by atoms with Gasteiger partial charge in [-0.15, -0.1) is 0 Å². The molecule has 4 nitrogen and oxygen atoms in total. The summed E-state index contributed by atoms with van der Waals surface area (Å²) in [5.74, 6) is 0. The van der Waals surface area contributed by atoms with E-state index in [0.717, 1.165) is 32.0 Å². The van der Waals surface area contributed by atoms with Gasteiger partial charge in [-0.3, -0.25) is 0 Å². The highest BCUT2D eigenvalue weighted by Crippen LogP contribution is 2.64. The van der Waals surface area contributed by atoms with E-state index in [0.29, 0.717) is 6.54 Å². The Balaban J connectivity index is 2.52. The second kappa shape index (κ2) is 3.47. The predicted octanol–water partition coefficient (Wildman–Crippen LogP) is 2.52. The number of nitrogens with zero attached hydrogens (tertiary/aromatic N) is 1. The Kier molecular flexibility index (Phi) is 2.53. The molecule has 17 heavy (non-hydrogen) atoms. The van der Waals surface area contributed by atoms with Gasteiger partial charge in [0.1, 0.15) is 6.29 Å². The van der Waals surface area contributed by atoms with E-state index in [-0.39, 0.29) is 5.41 Å². The molecule has 2 aliphatic rings. The van der Waals surface area contributed by atoms with Gasteiger partial charge in [-0.2, -0.15) is 0 Å². The Hall–Kier alpha value is -1.06. The summed E-state index contributed by atoms with van der Waals surface area (Å²) in [5, 5.41) is 9.41. The molecule has 4 heteroatoms. The zero-order chi connectivity index (χ0) is 12.9. The Morgan fingerprint density at radius 3 is 2.24 bits per heavy atom. The topological polar surface area (TPSA) is 57.6 Å². The molecule has 1 atom stereocenters. The molecule has 1 heterocycles. The summed E-state index contributed by atoms with van der Waals surface area (Å²) in [5.41, 5.74) is -1.15. The van der Waals surface area contributed by atoms with Crippen molar-refractivity contribution in [3.8, 4) is 0 Å². The number of amides is 1. The monoisotopic (exact) mass is 239 g/mol. The smallest absolute Gasteiger partial charge is 0.407 e. The summed E-state index contributed by atoms with van der Waals surface area (Å²) in [4.78, 5) is 24.5. The van der Waals surface area contributed by atoms with Crippen LogP contribution in [0, 0.1) is 10.8 Å². The number of likely N-dealkylation sites (tertiary alicyclic amines) is 1. The van der Waals surface area contributed by atoms with Crippen LogP contribution in [-0.4, -0.2) is 34.5 Å². The van der Waals surface area contributed by atoms with Crippen LogP contribution in [0.25, 0.3) is 0 Å². The maximum absolute atomic E-state index is 11.5. The number of carboxylic acid groups (broad SMARTS) is 1. The molecular weight excluding hydrogens is 218 g/mol. The molecule has 0 radical (unpaired) electrons. The lowest BCUT2D eigenvalue weighted by atomic mass is 9.63. The lowest BCUT2D eigenvalue weighted by Crippen LogP contribution is -2.61. The zero-order valence-electron chi connectivity index (χ0n) is 10.8. The van der Waals surface area contributed by atoms with Gasteiger partial charge in [0.05, 0.1) is 5.54 Å². The standard InChI is InChI=1S/C13H21NO3/c1-11(2,3)13(12(9-15)6-7-12)5-4-8-14(13)10(16)17/h9H,4-8H2,1-3H3,(H,16,17)/t13-/m1/s1. The van der Waals surface area contributed by atoms with Crippen molar-refractivity contribution in [1.82, 2.24) is 4.90 Å². The van der Waals surface area contributed by atoms with Crippen molar-refractivity contribution in [2.24, 2.45) is 10.8 Å². The third-order valence-corrected chi connectivity index (χ3v) is 4.69. The van der Waals surface area contributed by atoms with Crippen LogP contribution < -0.4 is 0 Å². The zero-order valence-corrected chi connectivity index (χ0v) is 10.8. The SMILES string of the molecule is CC(C)(C)[C@@]1(C2(C=O)CC2)CCCN1C(=O)O. The number of hydrogen-bond donors (Lipinski definition) is 1. The third-order valence-electron chi connectivity index (χ3n) is 4.69. The second-order valence-electron chi connectivity index (χ2n) is 6.42. The molecule has 1 saturated carbocycles. The molecule has 1 saturated heterocycles. The van der Waals surface area contributed by atoms with Crippen molar-refractivity contribution < 1.29 is 14.7 Å². The molecule has 0 aromatic rings. The van der Waals surface area contributed by atoms with E-state index in [4.69, 9.17) is 0 Å². The first-order chi connectivity index (χ1) is 7.81. The van der Waals surface area contributed by atoms with Crippen molar-refractivity contribution in [3.63, 3.8) is 0 Å². The Bertz CT molecular complexity index is 354. The highest BCUT2D eigenvalue weighted by Gasteiger charge is 2.68. The van der Waals surface area contributed by atoms with E-state index >= 15 is 0 Å². The average Bonchev–Trinajstić information content (AvgIpc) is 2.87. The van der Waals surface area contributed by atoms with E-state index in [1.54, 1.807) is 0 Å². The van der Waals surface area contributed by atoms with Crippen molar-refractivity contribution >= 4 is 12.4 Å². The van der Waals surface area contributed by atoms with Gasteiger partial charge in [0.15, 0.2) is 0 Å². The first kappa shape index (κ1) is 12.4. The molecule has 0 spiro atoms. The van der Waals surface area contributed by atoms with Crippen LogP contribution in [-0.2, 0) is 4.79 Å². The van der Waals surface area contributed by atoms with Crippen molar-refractivity contribution in [3.05, 3.63) is 0 Å². The van der Waals surface area contributed by atoms with E-state index in [1.165, 1.54) is 4.90 Å². The minimum Gasteiger partial charge on any atom is -0.465 e. The summed E-state index contributed by atoms with van der Waals surface area (Å²) in [6.45, 7) is 6.72. The van der Waals surface area contributed by atoms with Gasteiger partial charge in [0.2, 0.25) is 0 Å². The molecule has 1 amide bonds. The summed E-state index contributed by atoms with van der Waals surface area (Å²) in [6, 6.07) is 0. The average molecular weight is 239 g/mol. The first-order valence-corrected chi connectivity index (χ1v) is 6.28. The molecule has 2 rings (SSSR count). The van der Waals surface area contributed by atoms with Gasteiger partial charge in [-0.25, -0.2) is 4.79 Å². The maximum Gasteiger partial charge on any atom is 0.407 e. The Morgan fingerprint density at radius 2 is 1.88 bits per heavy atom. The molecule has 0 aromatic carbocycles. The molecule has 1 aliphatic carbocycles. The summed E-state index contributed by atoms with van der Waals surface area (Å²) in [7, 11) is 0. The number of aldehydes is 1. The maximum atomic E-state index is 11.5. The molecule has 1 N–H and O–H groups in total. The van der Waals surface area contributed by atoms with Gasteiger partial charge >= 0.3 is 6.09 Å². The van der Waals surface area contributed by atoms with E-state index < -0.39 is 17.0 Å². The normalized spacial score (nSPS) is 31.4. The molecule has 1 aliphatic heterocycles. The number of carbonyl (C=O) groups excluding carboxylic acids is 1. The van der Waals surface area contributed by atoms with Crippen molar-refractivity contribution in [2.45, 2.75) is 52.0 Å². The third kappa shape index (κ3) is 1.42. The Morgan fingerprint density at radius 1 is 1.29 bits per heavy atom. The lowest BCUT2D eigenvalue weighted by Gasteiger charge is -2.51. The van der Waals surface area contributed by atoms with Crippen LogP contribution in [0.4, 0.5) is 4.79 Å². The highest BCUT2D eigenvalue weighted by molar-refractivity contribution is 5.73. The van der Waals surface area contributed by atoms with Gasteiger partial charge in [-0.1, -0.05) is 20.8 Å². The second-order valence-corrected chi connectivity index (χ2v) is 6.42.